The van der Waals surface area contributed by atoms with Crippen molar-refractivity contribution in [3.8, 4) is 5.75 Å². The number of aliphatic carboxylic acids is 1. The number of carbonyl (C=O) groups is 1. The molecule has 34 heavy (non-hydrogen) atoms. The zero-order valence-corrected chi connectivity index (χ0v) is 23.8. The van der Waals surface area contributed by atoms with E-state index >= 15 is 0 Å². The van der Waals surface area contributed by atoms with Crippen LogP contribution in [-0.2, 0) is 42.4 Å². The van der Waals surface area contributed by atoms with Gasteiger partial charge in [-0.25, -0.2) is 4.98 Å². The second-order valence-electron chi connectivity index (χ2n) is 7.82. The molecule has 0 bridgehead atoms. The van der Waals surface area contributed by atoms with Crippen molar-refractivity contribution < 1.29 is 70.8 Å². The van der Waals surface area contributed by atoms with Crippen LogP contribution in [0.2, 0.25) is 0 Å². The van der Waals surface area contributed by atoms with E-state index in [1.54, 1.807) is 47.5 Å². The van der Waals surface area contributed by atoms with Gasteiger partial charge in [0.15, 0.2) is 5.52 Å². The molecule has 9 nitrogen and oxygen atoms in total. The average Bonchev–Trinajstić information content (AvgIpc) is 3.11. The molecule has 178 valence electrons. The van der Waals surface area contributed by atoms with E-state index in [4.69, 9.17) is 14.5 Å². The first kappa shape index (κ1) is 28.7. The summed E-state index contributed by atoms with van der Waals surface area (Å²) in [7, 11) is 1.77. The molecular weight excluding hydrogens is 463 g/mol. The Morgan fingerprint density at radius 2 is 1.88 bits per heavy atom. The van der Waals surface area contributed by atoms with Gasteiger partial charge in [0.1, 0.15) is 29.8 Å². The largest absolute Gasteiger partial charge is 1.00 e. The molecule has 2 heterocycles. The summed E-state index contributed by atoms with van der Waals surface area (Å²) in [6, 6.07) is 7.15. The third kappa shape index (κ3) is 6.77. The number of hydrogen-bond acceptors (Lipinski definition) is 7. The summed E-state index contributed by atoms with van der Waals surface area (Å²) >= 11 is 0. The van der Waals surface area contributed by atoms with Crippen LogP contribution in [0, 0.1) is 0 Å². The summed E-state index contributed by atoms with van der Waals surface area (Å²) in [4.78, 5) is 29.1. The third-order valence-electron chi connectivity index (χ3n) is 5.45. The molecule has 1 atom stereocenters. The van der Waals surface area contributed by atoms with Crippen LogP contribution >= 0.6 is 0 Å². The quantitative estimate of drug-likeness (QED) is 0.280. The maximum atomic E-state index is 13.2. The van der Waals surface area contributed by atoms with E-state index < -0.39 is 12.1 Å². The Labute approximate surface area is 241 Å². The molecule has 2 aromatic heterocycles. The van der Waals surface area contributed by atoms with Crippen molar-refractivity contribution >= 4 is 17.0 Å². The van der Waals surface area contributed by atoms with Gasteiger partial charge in [0, 0.05) is 26.5 Å². The molecule has 3 aromatic rings. The van der Waals surface area contributed by atoms with Crippen LogP contribution in [0.3, 0.4) is 0 Å². The maximum Gasteiger partial charge on any atom is 1.00 e. The predicted octanol–water partition coefficient (Wildman–Crippen LogP) is -1.57. The molecule has 0 aliphatic heterocycles. The number of aromatic nitrogens is 4. The first-order valence-corrected chi connectivity index (χ1v) is 11.4. The minimum atomic E-state index is -1.23. The van der Waals surface area contributed by atoms with E-state index in [0.717, 1.165) is 24.1 Å². The summed E-state index contributed by atoms with van der Waals surface area (Å²) in [6.07, 6.45) is 1.59. The van der Waals surface area contributed by atoms with Crippen LogP contribution in [0.25, 0.3) is 11.0 Å². The van der Waals surface area contributed by atoms with Crippen molar-refractivity contribution in [2.45, 2.75) is 59.1 Å². The van der Waals surface area contributed by atoms with Crippen LogP contribution in [0.5, 0.6) is 5.75 Å². The number of rotatable bonds is 12. The molecule has 0 saturated heterocycles. The molecular formula is C24H31KN4O5. The number of nitrogens with zero attached hydrogens (tertiary/aromatic N) is 4. The molecule has 10 heteroatoms. The number of fused-ring (bicyclic) bond motifs is 1. The molecule has 0 aliphatic carbocycles. The SMILES string of the molecule is CCCc1nn(C)c2c(=O)n(CCOc3ccc(C[C@H](OCC)C(=O)[O-])cc3)c(CC)nc12.[K+]. The molecule has 3 rings (SSSR count). The standard InChI is InChI=1S/C24H32N4O5.K/c1-5-8-18-21-22(27(4)26-18)23(29)28(20(6-2)25-21)13-14-33-17-11-9-16(10-12-17)15-19(24(30)31)32-7-3;/h9-12,19H,5-8,13-15H2,1-4H3,(H,30,31);/q;+1/p-1/t19-;/m0./s1. The Morgan fingerprint density at radius 3 is 2.47 bits per heavy atom. The Balaban J connectivity index is 0.00000408. The molecule has 0 radical (unpaired) electrons. The number of aryl methyl sites for hydroxylation is 3. The van der Waals surface area contributed by atoms with Gasteiger partial charge >= 0.3 is 51.4 Å². The van der Waals surface area contributed by atoms with Crippen LogP contribution < -0.4 is 66.8 Å². The van der Waals surface area contributed by atoms with E-state index in [1.165, 1.54) is 0 Å². The van der Waals surface area contributed by atoms with Crippen LogP contribution in [0.4, 0.5) is 0 Å². The second-order valence-corrected chi connectivity index (χ2v) is 7.82. The first-order valence-electron chi connectivity index (χ1n) is 11.4. The summed E-state index contributed by atoms with van der Waals surface area (Å²) in [5.74, 6) is 0.113. The molecule has 0 saturated carbocycles. The normalized spacial score (nSPS) is 11.9. The Hall–Kier alpha value is -1.56. The van der Waals surface area contributed by atoms with Gasteiger partial charge in [-0.05, 0) is 31.0 Å². The van der Waals surface area contributed by atoms with Crippen molar-refractivity contribution in [3.05, 3.63) is 51.7 Å². The zero-order chi connectivity index (χ0) is 24.0. The fourth-order valence-corrected chi connectivity index (χ4v) is 3.87. The van der Waals surface area contributed by atoms with Gasteiger partial charge in [0.05, 0.1) is 18.2 Å². The van der Waals surface area contributed by atoms with Gasteiger partial charge in [-0.3, -0.25) is 14.0 Å². The summed E-state index contributed by atoms with van der Waals surface area (Å²) in [5.41, 5.74) is 2.75. The minimum Gasteiger partial charge on any atom is -0.547 e. The van der Waals surface area contributed by atoms with Crippen molar-refractivity contribution in [3.63, 3.8) is 0 Å². The number of carboxylic acid groups (broad SMARTS) is 1. The number of carbonyl (C=O) groups excluding carboxylic acids is 1. The van der Waals surface area contributed by atoms with E-state index in [9.17, 15) is 14.7 Å². The first-order chi connectivity index (χ1) is 15.9. The topological polar surface area (TPSA) is 111 Å². The third-order valence-corrected chi connectivity index (χ3v) is 5.45. The summed E-state index contributed by atoms with van der Waals surface area (Å²) in [6.45, 7) is 6.75. The zero-order valence-electron chi connectivity index (χ0n) is 20.7. The average molecular weight is 495 g/mol. The van der Waals surface area contributed by atoms with Crippen molar-refractivity contribution in [2.75, 3.05) is 13.2 Å². The Kier molecular flexibility index (Phi) is 11.4. The van der Waals surface area contributed by atoms with Gasteiger partial charge in [-0.1, -0.05) is 32.4 Å². The van der Waals surface area contributed by atoms with E-state index in [0.29, 0.717) is 48.8 Å². The number of hydrogen-bond donors (Lipinski definition) is 0. The summed E-state index contributed by atoms with van der Waals surface area (Å²) < 4.78 is 14.3. The van der Waals surface area contributed by atoms with Gasteiger partial charge in [0.25, 0.3) is 5.56 Å². The molecule has 0 N–H and O–H groups in total. The monoisotopic (exact) mass is 494 g/mol. The minimum absolute atomic E-state index is 0. The van der Waals surface area contributed by atoms with Crippen molar-refractivity contribution in [2.24, 2.45) is 7.05 Å². The molecule has 0 spiro atoms. The molecule has 1 aromatic carbocycles. The van der Waals surface area contributed by atoms with Gasteiger partial charge < -0.3 is 19.4 Å². The second kappa shape index (κ2) is 13.5. The fourth-order valence-electron chi connectivity index (χ4n) is 3.87. The summed E-state index contributed by atoms with van der Waals surface area (Å²) in [5, 5.41) is 15.6. The Bertz CT molecular complexity index is 1160. The van der Waals surface area contributed by atoms with Crippen LogP contribution in [0.15, 0.2) is 29.1 Å². The van der Waals surface area contributed by atoms with E-state index in [2.05, 4.69) is 12.0 Å². The number of carboxylic acids is 1. The van der Waals surface area contributed by atoms with Crippen molar-refractivity contribution in [1.82, 2.24) is 19.3 Å². The number of benzene rings is 1. The fraction of sp³-hybridized carbons (Fsp3) is 0.500. The van der Waals surface area contributed by atoms with Gasteiger partial charge in [0.2, 0.25) is 0 Å². The van der Waals surface area contributed by atoms with Gasteiger partial charge in [-0.2, -0.15) is 5.10 Å². The van der Waals surface area contributed by atoms with Crippen molar-refractivity contribution in [1.29, 1.82) is 0 Å². The molecule has 0 unspecified atom stereocenters. The molecule has 0 aliphatic rings. The van der Waals surface area contributed by atoms with E-state index in [1.807, 2.05) is 6.92 Å². The van der Waals surface area contributed by atoms with E-state index in [-0.39, 0.29) is 63.4 Å². The Morgan fingerprint density at radius 1 is 1.18 bits per heavy atom. The van der Waals surface area contributed by atoms with Crippen LogP contribution in [-0.4, -0.2) is 44.6 Å². The number of ether oxygens (including phenoxy) is 2. The van der Waals surface area contributed by atoms with Crippen LogP contribution in [0.1, 0.15) is 44.3 Å². The molecule has 0 amide bonds. The maximum absolute atomic E-state index is 13.2. The predicted molar refractivity (Wildman–Crippen MR) is 122 cm³/mol. The molecule has 0 fully saturated rings. The van der Waals surface area contributed by atoms with Gasteiger partial charge in [-0.15, -0.1) is 0 Å². The smallest absolute Gasteiger partial charge is 0.547 e.